The Hall–Kier alpha value is -1.45. The molecule has 19 heavy (non-hydrogen) atoms. The van der Waals surface area contributed by atoms with Gasteiger partial charge in [-0.15, -0.1) is 0 Å². The van der Waals surface area contributed by atoms with Gasteiger partial charge in [0.15, 0.2) is 0 Å². The highest BCUT2D eigenvalue weighted by Gasteiger charge is 2.13. The van der Waals surface area contributed by atoms with E-state index in [4.69, 9.17) is 11.6 Å². The molecular formula is C15H17ClN2O. The maximum Gasteiger partial charge on any atom is 0.0846 e. The second kappa shape index (κ2) is 5.68. The second-order valence-electron chi connectivity index (χ2n) is 4.70. The normalized spacial score (nSPS) is 12.5. The third kappa shape index (κ3) is 3.31. The number of hydrogen-bond donors (Lipinski definition) is 1. The second-order valence-corrected chi connectivity index (χ2v) is 5.13. The Balaban J connectivity index is 2.21. The van der Waals surface area contributed by atoms with Crippen molar-refractivity contribution >= 4 is 11.6 Å². The van der Waals surface area contributed by atoms with Gasteiger partial charge in [-0.2, -0.15) is 0 Å². The molecule has 1 aromatic heterocycles. The molecule has 1 N–H and O–H groups in total. The van der Waals surface area contributed by atoms with Gasteiger partial charge >= 0.3 is 0 Å². The van der Waals surface area contributed by atoms with Gasteiger partial charge in [-0.05, 0) is 38.5 Å². The van der Waals surface area contributed by atoms with E-state index in [0.717, 1.165) is 28.3 Å². The summed E-state index contributed by atoms with van der Waals surface area (Å²) in [7, 11) is 0. The number of aliphatic hydroxyl groups excluding tert-OH is 1. The fraction of sp³-hybridized carbons (Fsp3) is 0.333. The van der Waals surface area contributed by atoms with Crippen LogP contribution >= 0.6 is 11.6 Å². The van der Waals surface area contributed by atoms with Gasteiger partial charge in [-0.25, -0.2) is 0 Å². The lowest BCUT2D eigenvalue weighted by Crippen LogP contribution is -2.08. The van der Waals surface area contributed by atoms with Crippen LogP contribution in [0.4, 0.5) is 0 Å². The Morgan fingerprint density at radius 3 is 2.21 bits per heavy atom. The molecule has 0 amide bonds. The van der Waals surface area contributed by atoms with E-state index in [1.807, 2.05) is 32.9 Å². The molecule has 0 aliphatic carbocycles. The van der Waals surface area contributed by atoms with Gasteiger partial charge in [-0.3, -0.25) is 9.97 Å². The van der Waals surface area contributed by atoms with Crippen LogP contribution in [0.15, 0.2) is 24.3 Å². The number of benzene rings is 1. The third-order valence-corrected chi connectivity index (χ3v) is 3.47. The zero-order valence-electron chi connectivity index (χ0n) is 11.3. The molecule has 4 heteroatoms. The quantitative estimate of drug-likeness (QED) is 0.935. The standard InChI is InChI=1S/C15H17ClN2O/c1-9-10(2)18-14(11(3)17-9)8-15(19)12-4-6-13(16)7-5-12/h4-7,15,19H,8H2,1-3H3. The van der Waals surface area contributed by atoms with Crippen molar-refractivity contribution in [3.8, 4) is 0 Å². The summed E-state index contributed by atoms with van der Waals surface area (Å²) < 4.78 is 0. The molecule has 0 aliphatic rings. The highest BCUT2D eigenvalue weighted by molar-refractivity contribution is 6.30. The number of aryl methyl sites for hydroxylation is 3. The molecule has 0 saturated carbocycles. The number of aromatic nitrogens is 2. The van der Waals surface area contributed by atoms with E-state index in [2.05, 4.69) is 9.97 Å². The molecule has 0 radical (unpaired) electrons. The van der Waals surface area contributed by atoms with Gasteiger partial charge in [0.05, 0.1) is 28.9 Å². The molecule has 1 atom stereocenters. The lowest BCUT2D eigenvalue weighted by molar-refractivity contribution is 0.177. The molecule has 3 nitrogen and oxygen atoms in total. The molecule has 1 aromatic carbocycles. The Morgan fingerprint density at radius 2 is 1.58 bits per heavy atom. The van der Waals surface area contributed by atoms with E-state index in [1.54, 1.807) is 12.1 Å². The predicted molar refractivity (Wildman–Crippen MR) is 76.4 cm³/mol. The van der Waals surface area contributed by atoms with Gasteiger partial charge in [0, 0.05) is 11.4 Å². The summed E-state index contributed by atoms with van der Waals surface area (Å²) in [5, 5.41) is 10.9. The molecule has 1 heterocycles. The van der Waals surface area contributed by atoms with Crippen LogP contribution in [0.25, 0.3) is 0 Å². The van der Waals surface area contributed by atoms with Crippen LogP contribution in [-0.2, 0) is 6.42 Å². The monoisotopic (exact) mass is 276 g/mol. The third-order valence-electron chi connectivity index (χ3n) is 3.22. The Kier molecular flexibility index (Phi) is 4.17. The highest BCUT2D eigenvalue weighted by Crippen LogP contribution is 2.21. The summed E-state index contributed by atoms with van der Waals surface area (Å²) in [5.41, 5.74) is 4.39. The summed E-state index contributed by atoms with van der Waals surface area (Å²) in [5.74, 6) is 0. The van der Waals surface area contributed by atoms with Crippen LogP contribution < -0.4 is 0 Å². The topological polar surface area (TPSA) is 46.0 Å². The van der Waals surface area contributed by atoms with Crippen LogP contribution in [0, 0.1) is 20.8 Å². The van der Waals surface area contributed by atoms with E-state index < -0.39 is 6.10 Å². The van der Waals surface area contributed by atoms with Crippen molar-refractivity contribution in [3.05, 3.63) is 57.6 Å². The van der Waals surface area contributed by atoms with Crippen molar-refractivity contribution in [2.75, 3.05) is 0 Å². The summed E-state index contributed by atoms with van der Waals surface area (Å²) in [6.07, 6.45) is -0.130. The largest absolute Gasteiger partial charge is 0.388 e. The first kappa shape index (κ1) is 14.0. The number of halogens is 1. The zero-order valence-corrected chi connectivity index (χ0v) is 12.1. The summed E-state index contributed by atoms with van der Waals surface area (Å²) >= 11 is 5.84. The fourth-order valence-corrected chi connectivity index (χ4v) is 2.07. The van der Waals surface area contributed by atoms with E-state index in [1.165, 1.54) is 0 Å². The Bertz CT molecular complexity index is 581. The molecule has 0 aliphatic heterocycles. The van der Waals surface area contributed by atoms with Crippen LogP contribution in [0.2, 0.25) is 5.02 Å². The number of aliphatic hydroxyl groups is 1. The first-order chi connectivity index (χ1) is 8.97. The minimum atomic E-state index is -0.590. The summed E-state index contributed by atoms with van der Waals surface area (Å²) in [6, 6.07) is 7.21. The predicted octanol–water partition coefficient (Wildman–Crippen LogP) is 3.33. The fourth-order valence-electron chi connectivity index (χ4n) is 1.94. The molecule has 100 valence electrons. The average Bonchev–Trinajstić information content (AvgIpc) is 2.36. The van der Waals surface area contributed by atoms with E-state index in [0.29, 0.717) is 11.4 Å². The molecule has 1 unspecified atom stereocenters. The Morgan fingerprint density at radius 1 is 1.00 bits per heavy atom. The van der Waals surface area contributed by atoms with Crippen molar-refractivity contribution in [1.82, 2.24) is 9.97 Å². The van der Waals surface area contributed by atoms with E-state index in [-0.39, 0.29) is 0 Å². The van der Waals surface area contributed by atoms with Crippen molar-refractivity contribution in [3.63, 3.8) is 0 Å². The smallest absolute Gasteiger partial charge is 0.0846 e. The number of nitrogens with zero attached hydrogens (tertiary/aromatic N) is 2. The minimum Gasteiger partial charge on any atom is -0.388 e. The lowest BCUT2D eigenvalue weighted by atomic mass is 10.0. The van der Waals surface area contributed by atoms with Crippen LogP contribution in [0.1, 0.15) is 34.4 Å². The van der Waals surface area contributed by atoms with E-state index >= 15 is 0 Å². The maximum atomic E-state index is 10.2. The van der Waals surface area contributed by atoms with Crippen LogP contribution in [0.3, 0.4) is 0 Å². The van der Waals surface area contributed by atoms with Gasteiger partial charge in [0.2, 0.25) is 0 Å². The number of hydrogen-bond acceptors (Lipinski definition) is 3. The first-order valence-corrected chi connectivity index (χ1v) is 6.59. The SMILES string of the molecule is Cc1nc(C)c(CC(O)c2ccc(Cl)cc2)nc1C. The summed E-state index contributed by atoms with van der Waals surface area (Å²) in [4.78, 5) is 8.95. The zero-order chi connectivity index (χ0) is 14.0. The van der Waals surface area contributed by atoms with Crippen LogP contribution in [-0.4, -0.2) is 15.1 Å². The minimum absolute atomic E-state index is 0.460. The molecule has 2 aromatic rings. The summed E-state index contributed by atoms with van der Waals surface area (Å²) in [6.45, 7) is 5.79. The van der Waals surface area contributed by atoms with Gasteiger partial charge in [0.25, 0.3) is 0 Å². The van der Waals surface area contributed by atoms with E-state index in [9.17, 15) is 5.11 Å². The van der Waals surface area contributed by atoms with Crippen molar-refractivity contribution in [2.24, 2.45) is 0 Å². The number of rotatable bonds is 3. The molecular weight excluding hydrogens is 260 g/mol. The molecule has 0 saturated heterocycles. The van der Waals surface area contributed by atoms with Gasteiger partial charge in [0.1, 0.15) is 0 Å². The molecule has 2 rings (SSSR count). The molecule has 0 fully saturated rings. The first-order valence-electron chi connectivity index (χ1n) is 6.21. The highest BCUT2D eigenvalue weighted by atomic mass is 35.5. The van der Waals surface area contributed by atoms with Gasteiger partial charge in [-0.1, -0.05) is 23.7 Å². The van der Waals surface area contributed by atoms with Crippen molar-refractivity contribution in [1.29, 1.82) is 0 Å². The van der Waals surface area contributed by atoms with Gasteiger partial charge < -0.3 is 5.11 Å². The maximum absolute atomic E-state index is 10.2. The van der Waals surface area contributed by atoms with Crippen molar-refractivity contribution < 1.29 is 5.11 Å². The molecule has 0 spiro atoms. The molecule has 0 bridgehead atoms. The average molecular weight is 277 g/mol. The lowest BCUT2D eigenvalue weighted by Gasteiger charge is -2.13. The van der Waals surface area contributed by atoms with Crippen molar-refractivity contribution in [2.45, 2.75) is 33.3 Å². The van der Waals surface area contributed by atoms with Crippen LogP contribution in [0.5, 0.6) is 0 Å². The Labute approximate surface area is 118 Å².